The summed E-state index contributed by atoms with van der Waals surface area (Å²) < 4.78 is 0. The largest absolute Gasteiger partial charge is 0.481 e. The molecular weight excluding hydrogens is 316 g/mol. The Hall–Kier alpha value is -1.88. The number of anilines is 1. The molecule has 5 heteroatoms. The SMILES string of the molecule is CCC(=O)N1c2ccc(CCN3CCCC(C(=O)O)C3)cc2CC1C. The maximum Gasteiger partial charge on any atom is 0.307 e. The number of amides is 1. The van der Waals surface area contributed by atoms with Crippen LogP contribution in [0.4, 0.5) is 5.69 Å². The molecule has 0 aromatic heterocycles. The predicted molar refractivity (Wildman–Crippen MR) is 97.9 cm³/mol. The minimum Gasteiger partial charge on any atom is -0.481 e. The molecule has 0 bridgehead atoms. The van der Waals surface area contributed by atoms with Gasteiger partial charge in [0.05, 0.1) is 5.92 Å². The van der Waals surface area contributed by atoms with Gasteiger partial charge in [-0.25, -0.2) is 0 Å². The molecule has 1 N–H and O–H groups in total. The second-order valence-electron chi connectivity index (χ2n) is 7.36. The lowest BCUT2D eigenvalue weighted by atomic mass is 9.97. The van der Waals surface area contributed by atoms with Crippen LogP contribution in [0.2, 0.25) is 0 Å². The van der Waals surface area contributed by atoms with Gasteiger partial charge in [0.15, 0.2) is 0 Å². The fourth-order valence-corrected chi connectivity index (χ4v) is 4.14. The van der Waals surface area contributed by atoms with Crippen molar-refractivity contribution in [2.75, 3.05) is 24.5 Å². The topological polar surface area (TPSA) is 60.9 Å². The van der Waals surface area contributed by atoms with Crippen LogP contribution < -0.4 is 4.90 Å². The number of hydrogen-bond acceptors (Lipinski definition) is 3. The highest BCUT2D eigenvalue weighted by Crippen LogP contribution is 2.33. The van der Waals surface area contributed by atoms with Crippen LogP contribution >= 0.6 is 0 Å². The summed E-state index contributed by atoms with van der Waals surface area (Å²) in [4.78, 5) is 27.5. The zero-order valence-electron chi connectivity index (χ0n) is 15.2. The van der Waals surface area contributed by atoms with Gasteiger partial charge in [0.25, 0.3) is 0 Å². The van der Waals surface area contributed by atoms with Crippen molar-refractivity contribution in [1.82, 2.24) is 4.90 Å². The summed E-state index contributed by atoms with van der Waals surface area (Å²) in [6.07, 6.45) is 4.14. The van der Waals surface area contributed by atoms with Gasteiger partial charge in [-0.2, -0.15) is 0 Å². The smallest absolute Gasteiger partial charge is 0.307 e. The number of carboxylic acids is 1. The van der Waals surface area contributed by atoms with Crippen molar-refractivity contribution in [3.8, 4) is 0 Å². The van der Waals surface area contributed by atoms with Crippen LogP contribution in [0.25, 0.3) is 0 Å². The standard InChI is InChI=1S/C20H28N2O3/c1-3-19(23)22-14(2)11-17-12-15(6-7-18(17)22)8-10-21-9-4-5-16(13-21)20(24)25/h6-7,12,14,16H,3-5,8-11,13H2,1-2H3,(H,24,25). The molecule has 2 unspecified atom stereocenters. The first-order chi connectivity index (χ1) is 12.0. The zero-order valence-corrected chi connectivity index (χ0v) is 15.2. The molecule has 3 rings (SSSR count). The monoisotopic (exact) mass is 344 g/mol. The van der Waals surface area contributed by atoms with Crippen molar-refractivity contribution in [3.05, 3.63) is 29.3 Å². The first-order valence-corrected chi connectivity index (χ1v) is 9.38. The minimum absolute atomic E-state index is 0.187. The van der Waals surface area contributed by atoms with E-state index in [0.717, 1.165) is 44.5 Å². The van der Waals surface area contributed by atoms with Gasteiger partial charge in [0, 0.05) is 31.2 Å². The highest BCUT2D eigenvalue weighted by atomic mass is 16.4. The van der Waals surface area contributed by atoms with Crippen LogP contribution in [0.5, 0.6) is 0 Å². The fraction of sp³-hybridized carbons (Fsp3) is 0.600. The van der Waals surface area contributed by atoms with E-state index in [1.54, 1.807) is 0 Å². The second-order valence-corrected chi connectivity index (χ2v) is 7.36. The maximum atomic E-state index is 12.2. The Labute approximate surface area is 149 Å². The van der Waals surface area contributed by atoms with E-state index in [-0.39, 0.29) is 17.9 Å². The third-order valence-electron chi connectivity index (χ3n) is 5.50. The van der Waals surface area contributed by atoms with Crippen LogP contribution in [-0.4, -0.2) is 47.6 Å². The molecule has 5 nitrogen and oxygen atoms in total. The summed E-state index contributed by atoms with van der Waals surface area (Å²) in [7, 11) is 0. The van der Waals surface area contributed by atoms with Crippen molar-refractivity contribution in [1.29, 1.82) is 0 Å². The molecule has 0 radical (unpaired) electrons. The van der Waals surface area contributed by atoms with Crippen molar-refractivity contribution in [2.24, 2.45) is 5.92 Å². The molecule has 0 aliphatic carbocycles. The number of benzene rings is 1. The zero-order chi connectivity index (χ0) is 18.0. The molecule has 2 aliphatic heterocycles. The number of carbonyl (C=O) groups is 2. The number of likely N-dealkylation sites (tertiary alicyclic amines) is 1. The molecule has 2 atom stereocenters. The highest BCUT2D eigenvalue weighted by Gasteiger charge is 2.30. The van der Waals surface area contributed by atoms with E-state index < -0.39 is 5.97 Å². The van der Waals surface area contributed by atoms with Gasteiger partial charge in [-0.05, 0) is 56.3 Å². The summed E-state index contributed by atoms with van der Waals surface area (Å²) in [5.41, 5.74) is 3.59. The van der Waals surface area contributed by atoms with Crippen LogP contribution in [-0.2, 0) is 22.4 Å². The number of carboxylic acid groups (broad SMARTS) is 1. The Morgan fingerprint density at radius 1 is 1.32 bits per heavy atom. The van der Waals surface area contributed by atoms with E-state index >= 15 is 0 Å². The lowest BCUT2D eigenvalue weighted by molar-refractivity contribution is -0.143. The summed E-state index contributed by atoms with van der Waals surface area (Å²) in [5, 5.41) is 9.20. The minimum atomic E-state index is -0.670. The summed E-state index contributed by atoms with van der Waals surface area (Å²) in [5.74, 6) is -0.702. The first kappa shape index (κ1) is 17.9. The lowest BCUT2D eigenvalue weighted by Gasteiger charge is -2.30. The number of hydrogen-bond donors (Lipinski definition) is 1. The highest BCUT2D eigenvalue weighted by molar-refractivity contribution is 5.96. The van der Waals surface area contributed by atoms with Crippen molar-refractivity contribution < 1.29 is 14.7 Å². The molecule has 2 aliphatic rings. The molecule has 1 aromatic carbocycles. The first-order valence-electron chi connectivity index (χ1n) is 9.38. The number of piperidine rings is 1. The van der Waals surface area contributed by atoms with Gasteiger partial charge in [0.2, 0.25) is 5.91 Å². The average Bonchev–Trinajstić information content (AvgIpc) is 2.94. The molecular formula is C20H28N2O3. The molecule has 25 heavy (non-hydrogen) atoms. The van der Waals surface area contributed by atoms with Gasteiger partial charge < -0.3 is 14.9 Å². The van der Waals surface area contributed by atoms with E-state index in [9.17, 15) is 14.7 Å². The Kier molecular flexibility index (Phi) is 5.42. The summed E-state index contributed by atoms with van der Waals surface area (Å²) in [6, 6.07) is 6.66. The van der Waals surface area contributed by atoms with E-state index in [1.165, 1.54) is 11.1 Å². The third-order valence-corrected chi connectivity index (χ3v) is 5.50. The van der Waals surface area contributed by atoms with Gasteiger partial charge in [-0.15, -0.1) is 0 Å². The third kappa shape index (κ3) is 3.87. The second kappa shape index (κ2) is 7.56. The van der Waals surface area contributed by atoms with Gasteiger partial charge in [0.1, 0.15) is 0 Å². The molecule has 0 saturated carbocycles. The molecule has 1 aromatic rings. The van der Waals surface area contributed by atoms with E-state index in [1.807, 2.05) is 11.8 Å². The van der Waals surface area contributed by atoms with Crippen molar-refractivity contribution in [3.63, 3.8) is 0 Å². The summed E-state index contributed by atoms with van der Waals surface area (Å²) in [6.45, 7) is 6.56. The molecule has 1 saturated heterocycles. The Bertz CT molecular complexity index is 658. The van der Waals surface area contributed by atoms with Gasteiger partial charge in [-0.1, -0.05) is 19.1 Å². The number of nitrogens with zero attached hydrogens (tertiary/aromatic N) is 2. The Morgan fingerprint density at radius 3 is 2.84 bits per heavy atom. The Balaban J connectivity index is 1.63. The predicted octanol–water partition coefficient (Wildman–Crippen LogP) is 2.71. The van der Waals surface area contributed by atoms with Gasteiger partial charge in [-0.3, -0.25) is 9.59 Å². The number of aliphatic carboxylic acids is 1. The van der Waals surface area contributed by atoms with E-state index in [0.29, 0.717) is 13.0 Å². The lowest BCUT2D eigenvalue weighted by Crippen LogP contribution is -2.39. The molecule has 136 valence electrons. The maximum absolute atomic E-state index is 12.2. The molecule has 2 heterocycles. The number of rotatable bonds is 5. The molecule has 1 amide bonds. The van der Waals surface area contributed by atoms with Crippen LogP contribution in [0.3, 0.4) is 0 Å². The normalized spacial score (nSPS) is 23.5. The van der Waals surface area contributed by atoms with Gasteiger partial charge >= 0.3 is 5.97 Å². The molecule has 1 fully saturated rings. The van der Waals surface area contributed by atoms with Crippen LogP contribution in [0.15, 0.2) is 18.2 Å². The van der Waals surface area contributed by atoms with Crippen LogP contribution in [0, 0.1) is 5.92 Å². The summed E-state index contributed by atoms with van der Waals surface area (Å²) >= 11 is 0. The van der Waals surface area contributed by atoms with Crippen LogP contribution in [0.1, 0.15) is 44.2 Å². The number of fused-ring (bicyclic) bond motifs is 1. The Morgan fingerprint density at radius 2 is 2.12 bits per heavy atom. The van der Waals surface area contributed by atoms with E-state index in [2.05, 4.69) is 30.0 Å². The number of carbonyl (C=O) groups excluding carboxylic acids is 1. The fourth-order valence-electron chi connectivity index (χ4n) is 4.14. The van der Waals surface area contributed by atoms with E-state index in [4.69, 9.17) is 0 Å². The molecule has 0 spiro atoms. The average molecular weight is 344 g/mol. The quantitative estimate of drug-likeness (QED) is 0.892. The van der Waals surface area contributed by atoms with Crippen molar-refractivity contribution >= 4 is 17.6 Å². The van der Waals surface area contributed by atoms with Crippen molar-refractivity contribution in [2.45, 2.75) is 52.0 Å².